The van der Waals surface area contributed by atoms with Crippen LogP contribution in [0.2, 0.25) is 0 Å². The molecule has 1 aromatic rings. The molecule has 4 N–H and O–H groups in total. The van der Waals surface area contributed by atoms with E-state index in [-0.39, 0.29) is 0 Å². The first kappa shape index (κ1) is 14.7. The lowest BCUT2D eigenvalue weighted by molar-refractivity contribution is -0.0145. The summed E-state index contributed by atoms with van der Waals surface area (Å²) in [6.07, 6.45) is 3.64. The van der Waals surface area contributed by atoms with Gasteiger partial charge in [-0.2, -0.15) is 5.26 Å². The molecule has 1 aliphatic rings. The molecule has 20 heavy (non-hydrogen) atoms. The summed E-state index contributed by atoms with van der Waals surface area (Å²) in [5.74, 6) is 0. The number of rotatable bonds is 3. The lowest BCUT2D eigenvalue weighted by Gasteiger charge is -2.40. The summed E-state index contributed by atoms with van der Waals surface area (Å²) in [5.41, 5.74) is 7.15. The van der Waals surface area contributed by atoms with E-state index in [1.807, 2.05) is 0 Å². The van der Waals surface area contributed by atoms with Gasteiger partial charge in [-0.05, 0) is 49.3 Å². The number of nitrogens with one attached hydrogen (secondary N) is 1. The van der Waals surface area contributed by atoms with Crippen LogP contribution in [0.3, 0.4) is 0 Å². The SMILES string of the molecule is CC1(C)CCC(O)(CNc2ccc(N)cc2C#N)CC1. The van der Waals surface area contributed by atoms with E-state index in [4.69, 9.17) is 11.0 Å². The zero-order chi connectivity index (χ0) is 14.8. The number of hydrogen-bond donors (Lipinski definition) is 3. The normalized spacial score (nSPS) is 20.1. The highest BCUT2D eigenvalue weighted by atomic mass is 16.3. The minimum atomic E-state index is -0.677. The summed E-state index contributed by atoms with van der Waals surface area (Å²) in [5, 5.41) is 22.9. The molecular weight excluding hydrogens is 250 g/mol. The molecule has 0 unspecified atom stereocenters. The first-order valence-corrected chi connectivity index (χ1v) is 7.10. The van der Waals surface area contributed by atoms with Crippen molar-refractivity contribution in [3.8, 4) is 6.07 Å². The number of hydrogen-bond acceptors (Lipinski definition) is 4. The standard InChI is InChI=1S/C16H23N3O/c1-15(2)5-7-16(20,8-6-15)11-19-14-4-3-13(18)9-12(14)10-17/h3-4,9,19-20H,5-8,11,18H2,1-2H3. The highest BCUT2D eigenvalue weighted by Crippen LogP contribution is 2.40. The number of nitriles is 1. The molecule has 0 amide bonds. The molecule has 1 fully saturated rings. The minimum Gasteiger partial charge on any atom is -0.399 e. The Morgan fingerprint density at radius 1 is 1.30 bits per heavy atom. The Kier molecular flexibility index (Phi) is 3.92. The van der Waals surface area contributed by atoms with E-state index in [0.29, 0.717) is 23.2 Å². The van der Waals surface area contributed by atoms with Crippen LogP contribution in [-0.4, -0.2) is 17.3 Å². The second-order valence-electron chi connectivity index (χ2n) is 6.66. The van der Waals surface area contributed by atoms with Crippen LogP contribution in [0, 0.1) is 16.7 Å². The molecule has 4 heteroatoms. The van der Waals surface area contributed by atoms with Crippen LogP contribution in [0.1, 0.15) is 45.1 Å². The fourth-order valence-corrected chi connectivity index (χ4v) is 2.64. The lowest BCUT2D eigenvalue weighted by atomic mass is 9.71. The smallest absolute Gasteiger partial charge is 0.101 e. The van der Waals surface area contributed by atoms with Crippen LogP contribution in [0.15, 0.2) is 18.2 Å². The van der Waals surface area contributed by atoms with Gasteiger partial charge < -0.3 is 16.2 Å². The van der Waals surface area contributed by atoms with Crippen LogP contribution < -0.4 is 11.1 Å². The summed E-state index contributed by atoms with van der Waals surface area (Å²) < 4.78 is 0. The van der Waals surface area contributed by atoms with Gasteiger partial charge in [0, 0.05) is 12.2 Å². The van der Waals surface area contributed by atoms with Gasteiger partial charge in [0.15, 0.2) is 0 Å². The first-order valence-electron chi connectivity index (χ1n) is 7.10. The third-order valence-corrected chi connectivity index (χ3v) is 4.31. The predicted molar refractivity (Wildman–Crippen MR) is 81.3 cm³/mol. The Balaban J connectivity index is 2.01. The molecule has 0 atom stereocenters. The molecule has 0 aliphatic heterocycles. The Morgan fingerprint density at radius 2 is 1.95 bits per heavy atom. The average molecular weight is 273 g/mol. The summed E-state index contributed by atoms with van der Waals surface area (Å²) in [4.78, 5) is 0. The average Bonchev–Trinajstić information content (AvgIpc) is 2.41. The molecule has 0 spiro atoms. The van der Waals surface area contributed by atoms with Crippen molar-refractivity contribution in [2.75, 3.05) is 17.6 Å². The molecular formula is C16H23N3O. The van der Waals surface area contributed by atoms with Gasteiger partial charge in [0.25, 0.3) is 0 Å². The summed E-state index contributed by atoms with van der Waals surface area (Å²) in [6, 6.07) is 7.33. The Hall–Kier alpha value is -1.73. The van der Waals surface area contributed by atoms with Gasteiger partial charge >= 0.3 is 0 Å². The second-order valence-corrected chi connectivity index (χ2v) is 6.66. The third-order valence-electron chi connectivity index (χ3n) is 4.31. The van der Waals surface area contributed by atoms with E-state index in [9.17, 15) is 5.11 Å². The van der Waals surface area contributed by atoms with Crippen LogP contribution >= 0.6 is 0 Å². The monoisotopic (exact) mass is 273 g/mol. The molecule has 1 aliphatic carbocycles. The van der Waals surface area contributed by atoms with Crippen molar-refractivity contribution in [2.24, 2.45) is 5.41 Å². The summed E-state index contributed by atoms with van der Waals surface area (Å²) in [6.45, 7) is 4.96. The van der Waals surface area contributed by atoms with E-state index in [1.165, 1.54) is 0 Å². The second kappa shape index (κ2) is 5.34. The van der Waals surface area contributed by atoms with Gasteiger partial charge in [-0.15, -0.1) is 0 Å². The van der Waals surface area contributed by atoms with Gasteiger partial charge in [-0.25, -0.2) is 0 Å². The third kappa shape index (κ3) is 3.43. The highest BCUT2D eigenvalue weighted by molar-refractivity contribution is 5.63. The molecule has 0 radical (unpaired) electrons. The van der Waals surface area contributed by atoms with Crippen molar-refractivity contribution in [3.05, 3.63) is 23.8 Å². The Bertz CT molecular complexity index is 521. The van der Waals surface area contributed by atoms with Crippen molar-refractivity contribution >= 4 is 11.4 Å². The van der Waals surface area contributed by atoms with Crippen molar-refractivity contribution in [1.82, 2.24) is 0 Å². The number of aliphatic hydroxyl groups is 1. The van der Waals surface area contributed by atoms with E-state index in [0.717, 1.165) is 31.4 Å². The molecule has 0 aromatic heterocycles. The predicted octanol–water partition coefficient (Wildman–Crippen LogP) is 2.88. The van der Waals surface area contributed by atoms with Crippen LogP contribution in [-0.2, 0) is 0 Å². The molecule has 2 rings (SSSR count). The van der Waals surface area contributed by atoms with Crippen LogP contribution in [0.25, 0.3) is 0 Å². The molecule has 0 bridgehead atoms. The van der Waals surface area contributed by atoms with Gasteiger partial charge in [-0.3, -0.25) is 0 Å². The number of anilines is 2. The number of nitrogens with zero attached hydrogens (tertiary/aromatic N) is 1. The van der Waals surface area contributed by atoms with E-state index < -0.39 is 5.60 Å². The maximum Gasteiger partial charge on any atom is 0.101 e. The molecule has 1 saturated carbocycles. The minimum absolute atomic E-state index is 0.325. The lowest BCUT2D eigenvalue weighted by Crippen LogP contribution is -2.42. The van der Waals surface area contributed by atoms with Crippen LogP contribution in [0.5, 0.6) is 0 Å². The van der Waals surface area contributed by atoms with Crippen molar-refractivity contribution in [1.29, 1.82) is 5.26 Å². The quantitative estimate of drug-likeness (QED) is 0.740. The zero-order valence-electron chi connectivity index (χ0n) is 12.2. The van der Waals surface area contributed by atoms with E-state index in [1.54, 1.807) is 18.2 Å². The largest absolute Gasteiger partial charge is 0.399 e. The Labute approximate surface area is 120 Å². The maximum atomic E-state index is 10.6. The highest BCUT2D eigenvalue weighted by Gasteiger charge is 2.36. The summed E-state index contributed by atoms with van der Waals surface area (Å²) in [7, 11) is 0. The van der Waals surface area contributed by atoms with Gasteiger partial charge in [-0.1, -0.05) is 13.8 Å². The summed E-state index contributed by atoms with van der Waals surface area (Å²) >= 11 is 0. The van der Waals surface area contributed by atoms with Crippen molar-refractivity contribution in [3.63, 3.8) is 0 Å². The molecule has 1 aromatic carbocycles. The fourth-order valence-electron chi connectivity index (χ4n) is 2.64. The zero-order valence-corrected chi connectivity index (χ0v) is 12.2. The van der Waals surface area contributed by atoms with Crippen LogP contribution in [0.4, 0.5) is 11.4 Å². The molecule has 4 nitrogen and oxygen atoms in total. The number of benzene rings is 1. The van der Waals surface area contributed by atoms with E-state index >= 15 is 0 Å². The van der Waals surface area contributed by atoms with E-state index in [2.05, 4.69) is 25.2 Å². The number of nitrogen functional groups attached to an aromatic ring is 1. The molecule has 108 valence electrons. The van der Waals surface area contributed by atoms with Gasteiger partial charge in [0.1, 0.15) is 6.07 Å². The van der Waals surface area contributed by atoms with Gasteiger partial charge in [0.05, 0.1) is 16.9 Å². The topological polar surface area (TPSA) is 82.1 Å². The first-order chi connectivity index (χ1) is 9.34. The maximum absolute atomic E-state index is 10.6. The fraction of sp³-hybridized carbons (Fsp3) is 0.562. The van der Waals surface area contributed by atoms with Crippen molar-refractivity contribution < 1.29 is 5.11 Å². The van der Waals surface area contributed by atoms with Gasteiger partial charge in [0.2, 0.25) is 0 Å². The number of nitrogens with two attached hydrogens (primary N) is 1. The Morgan fingerprint density at radius 3 is 2.55 bits per heavy atom. The van der Waals surface area contributed by atoms with Crippen molar-refractivity contribution in [2.45, 2.75) is 45.1 Å². The molecule has 0 heterocycles. The molecule has 0 saturated heterocycles.